The summed E-state index contributed by atoms with van der Waals surface area (Å²) >= 11 is 1.87. The molecule has 5 aromatic carbocycles. The lowest BCUT2D eigenvalue weighted by molar-refractivity contribution is 1.09. The lowest BCUT2D eigenvalue weighted by atomic mass is 10.1. The summed E-state index contributed by atoms with van der Waals surface area (Å²) in [5, 5.41) is 5.26. The fraction of sp³-hybridized carbons (Fsp3) is 0. The summed E-state index contributed by atoms with van der Waals surface area (Å²) in [5.41, 5.74) is 6.72. The summed E-state index contributed by atoms with van der Waals surface area (Å²) in [7, 11) is 0. The number of benzene rings is 5. The van der Waals surface area contributed by atoms with E-state index >= 15 is 0 Å². The minimum atomic E-state index is 0.995. The second-order valence-corrected chi connectivity index (χ2v) is 9.96. The molecular weight excluding hydrogens is 446 g/mol. The van der Waals surface area contributed by atoms with Gasteiger partial charge in [-0.3, -0.25) is 4.57 Å². The number of hydrogen-bond acceptors (Lipinski definition) is 2. The first-order valence-electron chi connectivity index (χ1n) is 11.7. The van der Waals surface area contributed by atoms with Gasteiger partial charge in [-0.1, -0.05) is 60.7 Å². The molecule has 35 heavy (non-hydrogen) atoms. The van der Waals surface area contributed by atoms with Crippen molar-refractivity contribution in [1.82, 2.24) is 14.1 Å². The normalized spacial score (nSPS) is 12.0. The second kappa shape index (κ2) is 7.05. The van der Waals surface area contributed by atoms with Gasteiger partial charge in [-0.2, -0.15) is 0 Å². The molecule has 0 bridgehead atoms. The molecule has 0 saturated heterocycles. The summed E-state index contributed by atoms with van der Waals surface area (Å²) in [6, 6.07) is 38.9. The monoisotopic (exact) mass is 465 g/mol. The van der Waals surface area contributed by atoms with Crippen molar-refractivity contribution in [2.75, 3.05) is 0 Å². The van der Waals surface area contributed by atoms with Crippen molar-refractivity contribution in [2.24, 2.45) is 0 Å². The van der Waals surface area contributed by atoms with Crippen LogP contribution in [0.15, 0.2) is 116 Å². The number of thiophene rings is 1. The largest absolute Gasteiger partial charge is 0.307 e. The second-order valence-electron chi connectivity index (χ2n) is 8.88. The van der Waals surface area contributed by atoms with E-state index in [1.54, 1.807) is 0 Å². The van der Waals surface area contributed by atoms with Crippen LogP contribution < -0.4 is 0 Å². The highest BCUT2D eigenvalue weighted by atomic mass is 32.1. The van der Waals surface area contributed by atoms with Crippen LogP contribution in [0.4, 0.5) is 0 Å². The number of fused-ring (bicyclic) bond motifs is 8. The van der Waals surface area contributed by atoms with Gasteiger partial charge in [0, 0.05) is 36.6 Å². The van der Waals surface area contributed by atoms with Gasteiger partial charge in [-0.25, -0.2) is 4.98 Å². The molecule has 0 radical (unpaired) electrons. The molecule has 3 aromatic heterocycles. The zero-order valence-electron chi connectivity index (χ0n) is 18.7. The third kappa shape index (κ3) is 2.57. The fourth-order valence-corrected chi connectivity index (χ4v) is 6.65. The van der Waals surface area contributed by atoms with E-state index in [0.717, 1.165) is 22.4 Å². The summed E-state index contributed by atoms with van der Waals surface area (Å²) < 4.78 is 7.21. The predicted octanol–water partition coefficient (Wildman–Crippen LogP) is 8.49. The Hall–Kier alpha value is -4.41. The highest BCUT2D eigenvalue weighted by Crippen LogP contribution is 2.43. The maximum atomic E-state index is 4.91. The molecule has 4 heteroatoms. The Morgan fingerprint density at radius 2 is 1.31 bits per heavy atom. The quantitative estimate of drug-likeness (QED) is 0.251. The Labute approximate surface area is 205 Å². The molecule has 0 saturated carbocycles. The first kappa shape index (κ1) is 19.0. The van der Waals surface area contributed by atoms with E-state index in [-0.39, 0.29) is 0 Å². The first-order valence-corrected chi connectivity index (χ1v) is 12.6. The summed E-state index contributed by atoms with van der Waals surface area (Å²) in [6.07, 6.45) is 1.93. The number of hydrogen-bond donors (Lipinski definition) is 0. The SMILES string of the molecule is c1ccc(-n2cnc3c(-n4c5ccccc5c5c6c(ccc54)sc4ccccc46)cccc32)cc1. The summed E-state index contributed by atoms with van der Waals surface area (Å²) in [6.45, 7) is 0. The van der Waals surface area contributed by atoms with Gasteiger partial charge < -0.3 is 4.57 Å². The van der Waals surface area contributed by atoms with Crippen molar-refractivity contribution >= 4 is 64.3 Å². The van der Waals surface area contributed by atoms with Gasteiger partial charge in [-0.05, 0) is 48.5 Å². The fourth-order valence-electron chi connectivity index (χ4n) is 5.53. The van der Waals surface area contributed by atoms with Crippen molar-refractivity contribution in [1.29, 1.82) is 0 Å². The van der Waals surface area contributed by atoms with Crippen LogP contribution in [0.25, 0.3) is 64.4 Å². The van der Waals surface area contributed by atoms with E-state index in [0.29, 0.717) is 0 Å². The van der Waals surface area contributed by atoms with Crippen molar-refractivity contribution in [3.05, 3.63) is 116 Å². The molecular formula is C31H19N3S. The molecule has 0 unspecified atom stereocenters. The molecule has 0 N–H and O–H groups in total. The Balaban J connectivity index is 1.52. The summed E-state index contributed by atoms with van der Waals surface area (Å²) in [4.78, 5) is 4.91. The van der Waals surface area contributed by atoms with Gasteiger partial charge in [0.25, 0.3) is 0 Å². The number of para-hydroxylation sites is 3. The average Bonchev–Trinajstić information content (AvgIpc) is 3.60. The third-order valence-electron chi connectivity index (χ3n) is 7.01. The zero-order valence-corrected chi connectivity index (χ0v) is 19.5. The predicted molar refractivity (Wildman–Crippen MR) is 148 cm³/mol. The molecule has 0 atom stereocenters. The van der Waals surface area contributed by atoms with Crippen LogP contribution in [-0.2, 0) is 0 Å². The Morgan fingerprint density at radius 1 is 0.543 bits per heavy atom. The maximum Gasteiger partial charge on any atom is 0.113 e. The molecule has 8 aromatic rings. The first-order chi connectivity index (χ1) is 17.4. The van der Waals surface area contributed by atoms with E-state index in [2.05, 4.69) is 112 Å². The molecule has 8 rings (SSSR count). The highest BCUT2D eigenvalue weighted by Gasteiger charge is 2.19. The van der Waals surface area contributed by atoms with E-state index < -0.39 is 0 Å². The van der Waals surface area contributed by atoms with E-state index in [1.807, 2.05) is 23.7 Å². The maximum absolute atomic E-state index is 4.91. The van der Waals surface area contributed by atoms with Crippen LogP contribution in [0.1, 0.15) is 0 Å². The van der Waals surface area contributed by atoms with Crippen LogP contribution in [0.3, 0.4) is 0 Å². The molecule has 164 valence electrons. The van der Waals surface area contributed by atoms with Crippen molar-refractivity contribution < 1.29 is 0 Å². The average molecular weight is 466 g/mol. The molecule has 0 spiro atoms. The number of rotatable bonds is 2. The third-order valence-corrected chi connectivity index (χ3v) is 8.14. The molecule has 0 fully saturated rings. The van der Waals surface area contributed by atoms with Crippen molar-refractivity contribution in [3.63, 3.8) is 0 Å². The number of nitrogens with zero attached hydrogens (tertiary/aromatic N) is 3. The molecule has 0 amide bonds. The minimum Gasteiger partial charge on any atom is -0.307 e. The van der Waals surface area contributed by atoms with Gasteiger partial charge in [0.15, 0.2) is 0 Å². The smallest absolute Gasteiger partial charge is 0.113 e. The number of imidazole rings is 1. The number of aromatic nitrogens is 3. The van der Waals surface area contributed by atoms with Crippen LogP contribution in [0.5, 0.6) is 0 Å². The van der Waals surface area contributed by atoms with E-state index in [1.165, 1.54) is 42.0 Å². The van der Waals surface area contributed by atoms with Crippen LogP contribution >= 0.6 is 11.3 Å². The van der Waals surface area contributed by atoms with Crippen LogP contribution in [0.2, 0.25) is 0 Å². The van der Waals surface area contributed by atoms with E-state index in [4.69, 9.17) is 4.98 Å². The Morgan fingerprint density at radius 3 is 2.23 bits per heavy atom. The van der Waals surface area contributed by atoms with Crippen LogP contribution in [-0.4, -0.2) is 14.1 Å². The lowest BCUT2D eigenvalue weighted by Crippen LogP contribution is -1.96. The molecule has 3 nitrogen and oxygen atoms in total. The lowest BCUT2D eigenvalue weighted by Gasteiger charge is -2.10. The Bertz CT molecular complexity index is 2060. The molecule has 0 aliphatic rings. The topological polar surface area (TPSA) is 22.8 Å². The van der Waals surface area contributed by atoms with Gasteiger partial charge in [0.1, 0.15) is 11.8 Å². The van der Waals surface area contributed by atoms with E-state index in [9.17, 15) is 0 Å². The standard InChI is InChI=1S/C31H19N3S/c1-2-9-20(10-3-1)33-19-32-31-25(33)14-8-15-26(31)34-23-13-6-4-11-21(23)29-24(34)17-18-28-30(29)22-12-5-7-16-27(22)35-28/h1-19H. The van der Waals surface area contributed by atoms with Gasteiger partial charge >= 0.3 is 0 Å². The van der Waals surface area contributed by atoms with Crippen molar-refractivity contribution in [2.45, 2.75) is 0 Å². The zero-order chi connectivity index (χ0) is 22.9. The van der Waals surface area contributed by atoms with Gasteiger partial charge in [0.05, 0.1) is 22.2 Å². The Kier molecular flexibility index (Phi) is 3.82. The molecule has 0 aliphatic carbocycles. The highest BCUT2D eigenvalue weighted by molar-refractivity contribution is 7.26. The molecule has 3 heterocycles. The minimum absolute atomic E-state index is 0.995. The molecule has 0 aliphatic heterocycles. The van der Waals surface area contributed by atoms with Gasteiger partial charge in [0.2, 0.25) is 0 Å². The summed E-state index contributed by atoms with van der Waals surface area (Å²) in [5.74, 6) is 0. The van der Waals surface area contributed by atoms with Crippen molar-refractivity contribution in [3.8, 4) is 11.4 Å². The van der Waals surface area contributed by atoms with Gasteiger partial charge in [-0.15, -0.1) is 11.3 Å². The van der Waals surface area contributed by atoms with Crippen LogP contribution in [0, 0.1) is 0 Å².